The van der Waals surface area contributed by atoms with E-state index in [1.54, 1.807) is 6.33 Å². The lowest BCUT2D eigenvalue weighted by molar-refractivity contribution is -0.123. The van der Waals surface area contributed by atoms with Crippen LogP contribution in [0.4, 0.5) is 0 Å². The van der Waals surface area contributed by atoms with E-state index in [4.69, 9.17) is 0 Å². The van der Waals surface area contributed by atoms with Crippen LogP contribution in [0.3, 0.4) is 0 Å². The molecule has 1 atom stereocenters. The van der Waals surface area contributed by atoms with Crippen molar-refractivity contribution >= 4 is 41.8 Å². The van der Waals surface area contributed by atoms with Gasteiger partial charge < -0.3 is 15.6 Å². The molecule has 0 saturated carbocycles. The molecule has 3 heterocycles. The topological polar surface area (TPSA) is 109 Å². The number of nitrogens with zero attached hydrogens (tertiary/aromatic N) is 3. The third kappa shape index (κ3) is 3.35. The predicted octanol–water partition coefficient (Wildman–Crippen LogP) is 1.29. The first-order chi connectivity index (χ1) is 10.8. The van der Waals surface area contributed by atoms with Crippen LogP contribution in [0.1, 0.15) is 23.0 Å². The van der Waals surface area contributed by atoms with Crippen molar-refractivity contribution in [2.75, 3.05) is 6.54 Å². The first-order valence-electron chi connectivity index (χ1n) is 7.06. The predicted molar refractivity (Wildman–Crippen MR) is 91.2 cm³/mol. The number of carbonyl (C=O) groups excluding carboxylic acids is 1. The Morgan fingerprint density at radius 1 is 1.29 bits per heavy atom. The minimum atomic E-state index is -0.410. The fourth-order valence-corrected chi connectivity index (χ4v) is 2.66. The quantitative estimate of drug-likeness (QED) is 0.640. The molecule has 1 aliphatic rings. The number of H-pyrrole nitrogens is 1. The highest BCUT2D eigenvalue weighted by Crippen LogP contribution is 2.19. The minimum absolute atomic E-state index is 0. The van der Waals surface area contributed by atoms with Gasteiger partial charge in [0.1, 0.15) is 17.1 Å². The zero-order chi connectivity index (χ0) is 14.9. The van der Waals surface area contributed by atoms with E-state index < -0.39 is 6.04 Å². The van der Waals surface area contributed by atoms with Gasteiger partial charge >= 0.3 is 0 Å². The third-order valence-corrected chi connectivity index (χ3v) is 3.80. The summed E-state index contributed by atoms with van der Waals surface area (Å²) in [6.45, 7) is 1.17. The van der Waals surface area contributed by atoms with Gasteiger partial charge in [-0.2, -0.15) is 0 Å². The molecule has 128 valence electrons. The Morgan fingerprint density at radius 3 is 3.00 bits per heavy atom. The van der Waals surface area contributed by atoms with E-state index in [0.717, 1.165) is 29.9 Å². The van der Waals surface area contributed by atoms with Crippen molar-refractivity contribution in [1.82, 2.24) is 30.9 Å². The first-order valence-corrected chi connectivity index (χ1v) is 7.06. The lowest BCUT2D eigenvalue weighted by Gasteiger charge is -2.22. The molecule has 0 radical (unpaired) electrons. The van der Waals surface area contributed by atoms with E-state index in [1.807, 2.05) is 18.2 Å². The highest BCUT2D eigenvalue weighted by Gasteiger charge is 2.28. The molecule has 1 aliphatic heterocycles. The highest BCUT2D eigenvalue weighted by molar-refractivity contribution is 5.85. The van der Waals surface area contributed by atoms with E-state index in [9.17, 15) is 4.79 Å². The summed E-state index contributed by atoms with van der Waals surface area (Å²) in [7, 11) is 0. The number of hydrogen-bond donors (Lipinski definition) is 3. The number of carbonyl (C=O) groups is 1. The molecule has 0 aliphatic carbocycles. The minimum Gasteiger partial charge on any atom is -0.350 e. The van der Waals surface area contributed by atoms with Crippen LogP contribution in [0, 0.1) is 0 Å². The van der Waals surface area contributed by atoms with Gasteiger partial charge in [0.15, 0.2) is 0 Å². The highest BCUT2D eigenvalue weighted by atomic mass is 35.5. The average molecular weight is 371 g/mol. The van der Waals surface area contributed by atoms with Gasteiger partial charge in [0.05, 0.1) is 12.0 Å². The van der Waals surface area contributed by atoms with Crippen molar-refractivity contribution in [3.8, 4) is 0 Å². The fraction of sp³-hybridized carbons (Fsp3) is 0.286. The van der Waals surface area contributed by atoms with Gasteiger partial charge in [-0.1, -0.05) is 6.07 Å². The molecule has 10 heteroatoms. The van der Waals surface area contributed by atoms with Crippen LogP contribution in [-0.2, 0) is 17.8 Å². The van der Waals surface area contributed by atoms with Crippen LogP contribution < -0.4 is 10.6 Å². The number of amides is 1. The second kappa shape index (κ2) is 7.61. The van der Waals surface area contributed by atoms with Gasteiger partial charge in [0, 0.05) is 25.2 Å². The largest absolute Gasteiger partial charge is 0.350 e. The molecule has 8 nitrogen and oxygen atoms in total. The molecule has 0 saturated heterocycles. The Kier molecular flexibility index (Phi) is 5.76. The summed E-state index contributed by atoms with van der Waals surface area (Å²) in [6.07, 6.45) is 2.48. The molecule has 1 aromatic carbocycles. The van der Waals surface area contributed by atoms with Crippen molar-refractivity contribution in [1.29, 1.82) is 0 Å². The third-order valence-electron chi connectivity index (χ3n) is 3.80. The summed E-state index contributed by atoms with van der Waals surface area (Å²) in [4.78, 5) is 19.7. The summed E-state index contributed by atoms with van der Waals surface area (Å²) < 4.78 is 4.66. The number of benzene rings is 1. The van der Waals surface area contributed by atoms with Crippen molar-refractivity contribution < 1.29 is 9.42 Å². The smallest absolute Gasteiger partial charge is 0.243 e. The Balaban J connectivity index is 0.00000104. The number of hydrogen-bond acceptors (Lipinski definition) is 6. The number of nitrogens with one attached hydrogen (secondary N) is 3. The molecule has 0 spiro atoms. The number of aromatic amines is 1. The second-order valence-corrected chi connectivity index (χ2v) is 5.21. The van der Waals surface area contributed by atoms with E-state index >= 15 is 0 Å². The van der Waals surface area contributed by atoms with Crippen LogP contribution in [0.2, 0.25) is 0 Å². The van der Waals surface area contributed by atoms with Crippen LogP contribution >= 0.6 is 24.8 Å². The fourth-order valence-electron chi connectivity index (χ4n) is 2.66. The van der Waals surface area contributed by atoms with E-state index in [0.29, 0.717) is 17.6 Å². The normalized spacial score (nSPS) is 15.9. The molecule has 1 unspecified atom stereocenters. The lowest BCUT2D eigenvalue weighted by atomic mass is 10.0. The van der Waals surface area contributed by atoms with Crippen LogP contribution in [0.5, 0.6) is 0 Å². The molecule has 2 aromatic heterocycles. The van der Waals surface area contributed by atoms with Gasteiger partial charge in [-0.25, -0.2) is 9.61 Å². The second-order valence-electron chi connectivity index (χ2n) is 5.21. The van der Waals surface area contributed by atoms with E-state index in [2.05, 4.69) is 35.5 Å². The lowest BCUT2D eigenvalue weighted by Crippen LogP contribution is -2.41. The van der Waals surface area contributed by atoms with E-state index in [-0.39, 0.29) is 30.7 Å². The number of fused-ring (bicyclic) bond motifs is 2. The van der Waals surface area contributed by atoms with Gasteiger partial charge in [-0.15, -0.1) is 24.8 Å². The summed E-state index contributed by atoms with van der Waals surface area (Å²) >= 11 is 0. The Labute approximate surface area is 149 Å². The van der Waals surface area contributed by atoms with Crippen molar-refractivity contribution in [2.24, 2.45) is 0 Å². The maximum Gasteiger partial charge on any atom is 0.243 e. The summed E-state index contributed by atoms with van der Waals surface area (Å²) in [6, 6.07) is 5.15. The first kappa shape index (κ1) is 18.2. The van der Waals surface area contributed by atoms with Crippen molar-refractivity contribution in [2.45, 2.75) is 19.0 Å². The molecular weight excluding hydrogens is 355 g/mol. The average Bonchev–Trinajstić information content (AvgIpc) is 3.20. The molecule has 3 aromatic rings. The number of aromatic nitrogens is 4. The summed E-state index contributed by atoms with van der Waals surface area (Å²) in [5, 5.41) is 13.7. The number of imidazole rings is 1. The molecule has 24 heavy (non-hydrogen) atoms. The monoisotopic (exact) mass is 370 g/mol. The maximum atomic E-state index is 12.4. The van der Waals surface area contributed by atoms with Crippen LogP contribution in [0.25, 0.3) is 11.0 Å². The standard InChI is InChI=1S/C14H14N6O2.2ClH/c21-14(13-12-10(3-4-15-13)17-7-18-12)16-6-8-1-2-9-11(5-8)20-22-19-9;;/h1-2,5,7,13,15H,3-4,6H2,(H,16,21)(H,17,18);2*1H. The van der Waals surface area contributed by atoms with Crippen molar-refractivity contribution in [3.05, 3.63) is 41.5 Å². The van der Waals surface area contributed by atoms with Crippen LogP contribution in [0.15, 0.2) is 29.2 Å². The van der Waals surface area contributed by atoms with Gasteiger partial charge in [-0.05, 0) is 28.0 Å². The van der Waals surface area contributed by atoms with Gasteiger partial charge in [-0.3, -0.25) is 4.79 Å². The summed E-state index contributed by atoms with van der Waals surface area (Å²) in [5.41, 5.74) is 4.12. The Bertz CT molecular complexity index is 833. The zero-order valence-corrected chi connectivity index (χ0v) is 14.1. The Hall–Kier alpha value is -2.16. The number of halogens is 2. The molecule has 1 amide bonds. The van der Waals surface area contributed by atoms with E-state index in [1.165, 1.54) is 0 Å². The summed E-state index contributed by atoms with van der Waals surface area (Å²) in [5.74, 6) is -0.0913. The molecule has 0 bridgehead atoms. The van der Waals surface area contributed by atoms with Crippen molar-refractivity contribution in [3.63, 3.8) is 0 Å². The maximum absolute atomic E-state index is 12.4. The van der Waals surface area contributed by atoms with Gasteiger partial charge in [0.2, 0.25) is 5.91 Å². The SMILES string of the molecule is Cl.Cl.O=C(NCc1ccc2nonc2c1)C1NCCc2[nH]cnc21. The molecule has 0 fully saturated rings. The Morgan fingerprint density at radius 2 is 2.12 bits per heavy atom. The zero-order valence-electron chi connectivity index (χ0n) is 12.5. The number of rotatable bonds is 3. The molecular formula is C14H16Cl2N6O2. The van der Waals surface area contributed by atoms with Crippen LogP contribution in [-0.4, -0.2) is 32.7 Å². The van der Waals surface area contributed by atoms with Gasteiger partial charge in [0.25, 0.3) is 0 Å². The molecule has 3 N–H and O–H groups in total. The molecule has 4 rings (SSSR count).